The van der Waals surface area contributed by atoms with Crippen LogP contribution in [-0.4, -0.2) is 24.8 Å². The van der Waals surface area contributed by atoms with Crippen molar-refractivity contribution in [2.45, 2.75) is 82.8 Å². The van der Waals surface area contributed by atoms with Gasteiger partial charge in [-0.2, -0.15) is 0 Å². The molecule has 1 aliphatic heterocycles. The third-order valence-electron chi connectivity index (χ3n) is 6.72. The number of nitrogens with one attached hydrogen (secondary N) is 1. The Bertz CT molecular complexity index is 350. The molecule has 4 fully saturated rings. The molecule has 3 aliphatic carbocycles. The zero-order chi connectivity index (χ0) is 13.6. The third-order valence-corrected chi connectivity index (χ3v) is 6.72. The van der Waals surface area contributed by atoms with Crippen molar-refractivity contribution >= 4 is 0 Å². The molecular formula is C18H31NO. The minimum Gasteiger partial charge on any atom is -0.372 e. The first-order chi connectivity index (χ1) is 9.73. The summed E-state index contributed by atoms with van der Waals surface area (Å²) in [6, 6.07) is 0. The summed E-state index contributed by atoms with van der Waals surface area (Å²) < 4.78 is 6.60. The van der Waals surface area contributed by atoms with E-state index in [0.29, 0.717) is 17.1 Å². The van der Waals surface area contributed by atoms with Gasteiger partial charge in [0.15, 0.2) is 0 Å². The Morgan fingerprint density at radius 3 is 2.55 bits per heavy atom. The molecule has 4 rings (SSSR count). The molecule has 0 aromatic heterocycles. The topological polar surface area (TPSA) is 21.3 Å². The monoisotopic (exact) mass is 277 g/mol. The van der Waals surface area contributed by atoms with Gasteiger partial charge in [0, 0.05) is 6.54 Å². The number of hydrogen-bond donors (Lipinski definition) is 1. The average Bonchev–Trinajstić information content (AvgIpc) is 2.88. The van der Waals surface area contributed by atoms with Crippen LogP contribution in [0.25, 0.3) is 0 Å². The maximum Gasteiger partial charge on any atom is 0.0687 e. The summed E-state index contributed by atoms with van der Waals surface area (Å²) in [5, 5.41) is 3.65. The van der Waals surface area contributed by atoms with Crippen molar-refractivity contribution in [3.05, 3.63) is 0 Å². The Labute approximate surface area is 124 Å². The van der Waals surface area contributed by atoms with Crippen LogP contribution in [0.15, 0.2) is 0 Å². The van der Waals surface area contributed by atoms with Crippen LogP contribution in [0.1, 0.15) is 71.1 Å². The Balaban J connectivity index is 1.38. The first-order valence-electron chi connectivity index (χ1n) is 9.11. The molecule has 3 unspecified atom stereocenters. The van der Waals surface area contributed by atoms with E-state index in [2.05, 4.69) is 12.2 Å². The number of hydrogen-bond acceptors (Lipinski definition) is 2. The summed E-state index contributed by atoms with van der Waals surface area (Å²) in [6.45, 7) is 4.60. The predicted octanol–water partition coefficient (Wildman–Crippen LogP) is 3.89. The van der Waals surface area contributed by atoms with Crippen molar-refractivity contribution in [3.8, 4) is 0 Å². The van der Waals surface area contributed by atoms with Crippen molar-refractivity contribution in [2.24, 2.45) is 17.3 Å². The van der Waals surface area contributed by atoms with Crippen LogP contribution in [0.4, 0.5) is 0 Å². The van der Waals surface area contributed by atoms with Gasteiger partial charge in [0.2, 0.25) is 0 Å². The second-order valence-corrected chi connectivity index (χ2v) is 8.32. The van der Waals surface area contributed by atoms with E-state index in [0.717, 1.165) is 18.4 Å². The number of fused-ring (bicyclic) bond motifs is 1. The molecule has 2 nitrogen and oxygen atoms in total. The van der Waals surface area contributed by atoms with Crippen LogP contribution in [-0.2, 0) is 4.74 Å². The third kappa shape index (κ3) is 2.43. The van der Waals surface area contributed by atoms with E-state index in [1.54, 1.807) is 0 Å². The van der Waals surface area contributed by atoms with Gasteiger partial charge in [0.25, 0.3) is 0 Å². The van der Waals surface area contributed by atoms with Crippen LogP contribution < -0.4 is 5.32 Å². The van der Waals surface area contributed by atoms with Gasteiger partial charge in [0.1, 0.15) is 0 Å². The first kappa shape index (κ1) is 13.6. The fraction of sp³-hybridized carbons (Fsp3) is 1.00. The molecule has 1 heterocycles. The van der Waals surface area contributed by atoms with Gasteiger partial charge in [-0.3, -0.25) is 0 Å². The molecule has 0 amide bonds. The smallest absolute Gasteiger partial charge is 0.0687 e. The van der Waals surface area contributed by atoms with Crippen molar-refractivity contribution in [1.29, 1.82) is 0 Å². The fourth-order valence-corrected chi connectivity index (χ4v) is 5.69. The highest BCUT2D eigenvalue weighted by atomic mass is 16.5. The minimum atomic E-state index is 0.325. The zero-order valence-electron chi connectivity index (χ0n) is 13.1. The van der Waals surface area contributed by atoms with Gasteiger partial charge in [-0.15, -0.1) is 0 Å². The Morgan fingerprint density at radius 1 is 1.10 bits per heavy atom. The van der Waals surface area contributed by atoms with Crippen molar-refractivity contribution in [1.82, 2.24) is 5.32 Å². The molecule has 1 N–H and O–H groups in total. The second kappa shape index (κ2) is 4.98. The molecule has 0 aromatic rings. The molecule has 20 heavy (non-hydrogen) atoms. The van der Waals surface area contributed by atoms with Crippen LogP contribution in [0.3, 0.4) is 0 Å². The highest BCUT2D eigenvalue weighted by Gasteiger charge is 2.55. The molecule has 2 heteroatoms. The van der Waals surface area contributed by atoms with Gasteiger partial charge in [-0.1, -0.05) is 19.8 Å². The van der Waals surface area contributed by atoms with Crippen molar-refractivity contribution in [2.75, 3.05) is 13.1 Å². The Kier molecular flexibility index (Phi) is 3.38. The van der Waals surface area contributed by atoms with Crippen LogP contribution in [0.5, 0.6) is 0 Å². The average molecular weight is 277 g/mol. The molecular weight excluding hydrogens is 246 g/mol. The molecule has 114 valence electrons. The highest BCUT2D eigenvalue weighted by molar-refractivity contribution is 5.06. The highest BCUT2D eigenvalue weighted by Crippen LogP contribution is 2.62. The molecule has 0 aromatic carbocycles. The largest absolute Gasteiger partial charge is 0.372 e. The van der Waals surface area contributed by atoms with E-state index in [4.69, 9.17) is 4.74 Å². The standard InChI is InChI=1S/C18H31NO/c1-2-19-13-17(10-14-9-15(14)11-17)12-16-5-8-18(20-16)6-3-4-7-18/h14-16,19H,2-13H2,1H3. The molecule has 4 aliphatic rings. The maximum atomic E-state index is 6.60. The summed E-state index contributed by atoms with van der Waals surface area (Å²) in [7, 11) is 0. The lowest BCUT2D eigenvalue weighted by Crippen LogP contribution is -2.37. The van der Waals surface area contributed by atoms with Crippen LogP contribution in [0, 0.1) is 17.3 Å². The van der Waals surface area contributed by atoms with Gasteiger partial charge >= 0.3 is 0 Å². The maximum absolute atomic E-state index is 6.60. The Morgan fingerprint density at radius 2 is 1.85 bits per heavy atom. The van der Waals surface area contributed by atoms with Crippen LogP contribution in [0.2, 0.25) is 0 Å². The SMILES string of the molecule is CCNCC1(CC2CCC3(CCCC3)O2)CC2CC2C1. The van der Waals surface area contributed by atoms with Crippen molar-refractivity contribution in [3.63, 3.8) is 0 Å². The number of ether oxygens (including phenoxy) is 1. The quantitative estimate of drug-likeness (QED) is 0.823. The molecule has 0 radical (unpaired) electrons. The summed E-state index contributed by atoms with van der Waals surface area (Å²) >= 11 is 0. The molecule has 0 bridgehead atoms. The van der Waals surface area contributed by atoms with Crippen molar-refractivity contribution < 1.29 is 4.74 Å². The van der Waals surface area contributed by atoms with Gasteiger partial charge < -0.3 is 10.1 Å². The molecule has 3 saturated carbocycles. The minimum absolute atomic E-state index is 0.325. The van der Waals surface area contributed by atoms with E-state index >= 15 is 0 Å². The van der Waals surface area contributed by atoms with Crippen LogP contribution >= 0.6 is 0 Å². The van der Waals surface area contributed by atoms with E-state index in [-0.39, 0.29) is 0 Å². The summed E-state index contributed by atoms with van der Waals surface area (Å²) in [4.78, 5) is 0. The molecule has 1 saturated heterocycles. The van der Waals surface area contributed by atoms with E-state index < -0.39 is 0 Å². The van der Waals surface area contributed by atoms with Gasteiger partial charge in [-0.05, 0) is 75.2 Å². The summed E-state index contributed by atoms with van der Waals surface area (Å²) in [5.74, 6) is 2.16. The fourth-order valence-electron chi connectivity index (χ4n) is 5.69. The number of rotatable bonds is 5. The lowest BCUT2D eigenvalue weighted by atomic mass is 9.77. The predicted molar refractivity (Wildman–Crippen MR) is 81.7 cm³/mol. The second-order valence-electron chi connectivity index (χ2n) is 8.32. The normalized spacial score (nSPS) is 45.1. The van der Waals surface area contributed by atoms with Gasteiger partial charge in [0.05, 0.1) is 11.7 Å². The van der Waals surface area contributed by atoms with E-state index in [1.807, 2.05) is 0 Å². The zero-order valence-corrected chi connectivity index (χ0v) is 13.1. The van der Waals surface area contributed by atoms with E-state index in [1.165, 1.54) is 70.8 Å². The summed E-state index contributed by atoms with van der Waals surface area (Å²) in [5.41, 5.74) is 0.907. The van der Waals surface area contributed by atoms with E-state index in [9.17, 15) is 0 Å². The molecule has 3 atom stereocenters. The summed E-state index contributed by atoms with van der Waals surface area (Å²) in [6.07, 6.45) is 14.6. The first-order valence-corrected chi connectivity index (χ1v) is 9.11. The lowest BCUT2D eigenvalue weighted by Gasteiger charge is -2.34. The van der Waals surface area contributed by atoms with Gasteiger partial charge in [-0.25, -0.2) is 0 Å². The lowest BCUT2D eigenvalue weighted by molar-refractivity contribution is -0.0541. The Hall–Kier alpha value is -0.0800. The molecule has 1 spiro atoms.